The molecule has 1 aromatic carbocycles. The smallest absolute Gasteiger partial charge is 0.337 e. The van der Waals surface area contributed by atoms with Crippen LogP contribution in [0.15, 0.2) is 24.3 Å². The van der Waals surface area contributed by atoms with Crippen molar-refractivity contribution in [3.05, 3.63) is 35.4 Å². The molecule has 5 nitrogen and oxygen atoms in total. The number of nitrogens with zero attached hydrogens (tertiary/aromatic N) is 1. The average molecular weight is 250 g/mol. The summed E-state index contributed by atoms with van der Waals surface area (Å²) in [4.78, 5) is 24.0. The highest BCUT2D eigenvalue weighted by Crippen LogP contribution is 2.08. The summed E-state index contributed by atoms with van der Waals surface area (Å²) in [6.45, 7) is 3.56. The van der Waals surface area contributed by atoms with E-state index in [9.17, 15) is 9.59 Å². The zero-order chi connectivity index (χ0) is 13.5. The Bertz CT molecular complexity index is 415. The van der Waals surface area contributed by atoms with E-state index in [0.29, 0.717) is 12.1 Å². The van der Waals surface area contributed by atoms with E-state index in [-0.39, 0.29) is 18.4 Å². The third kappa shape index (κ3) is 4.18. The molecular formula is C13H18N2O3. The second kappa shape index (κ2) is 6.76. The summed E-state index contributed by atoms with van der Waals surface area (Å²) >= 11 is 0. The van der Waals surface area contributed by atoms with Gasteiger partial charge in [0.15, 0.2) is 0 Å². The number of likely N-dealkylation sites (N-methyl/N-ethyl adjacent to an activating group) is 1. The van der Waals surface area contributed by atoms with Gasteiger partial charge in [0.25, 0.3) is 0 Å². The molecule has 0 aliphatic heterocycles. The largest absolute Gasteiger partial charge is 0.465 e. The highest BCUT2D eigenvalue weighted by Gasteiger charge is 2.08. The molecule has 0 aliphatic carbocycles. The molecule has 18 heavy (non-hydrogen) atoms. The van der Waals surface area contributed by atoms with Crippen molar-refractivity contribution in [2.45, 2.75) is 13.5 Å². The zero-order valence-electron chi connectivity index (χ0n) is 10.7. The number of amides is 1. The van der Waals surface area contributed by atoms with Gasteiger partial charge in [-0.2, -0.15) is 0 Å². The second-order valence-electron chi connectivity index (χ2n) is 3.96. The molecule has 0 heterocycles. The molecule has 98 valence electrons. The molecule has 0 spiro atoms. The maximum atomic E-state index is 11.3. The molecule has 0 unspecified atom stereocenters. The maximum absolute atomic E-state index is 11.3. The molecule has 0 fully saturated rings. The quantitative estimate of drug-likeness (QED) is 0.757. The summed E-state index contributed by atoms with van der Waals surface area (Å²) in [5.41, 5.74) is 6.70. The minimum absolute atomic E-state index is 0.231. The minimum Gasteiger partial charge on any atom is -0.465 e. The van der Waals surface area contributed by atoms with Gasteiger partial charge < -0.3 is 10.5 Å². The van der Waals surface area contributed by atoms with Gasteiger partial charge in [0.2, 0.25) is 5.91 Å². The lowest BCUT2D eigenvalue weighted by molar-refractivity contribution is -0.119. The predicted molar refractivity (Wildman–Crippen MR) is 67.9 cm³/mol. The van der Waals surface area contributed by atoms with Crippen LogP contribution in [0.2, 0.25) is 0 Å². The number of ether oxygens (including phenoxy) is 1. The van der Waals surface area contributed by atoms with Crippen LogP contribution < -0.4 is 5.73 Å². The number of primary amides is 1. The molecule has 2 N–H and O–H groups in total. The SMILES string of the molecule is CCN(CC(N)=O)Cc1ccc(C(=O)OC)cc1. The number of carbonyl (C=O) groups is 2. The number of nitrogens with two attached hydrogens (primary N) is 1. The average Bonchev–Trinajstić information content (AvgIpc) is 2.37. The van der Waals surface area contributed by atoms with E-state index in [1.165, 1.54) is 7.11 Å². The van der Waals surface area contributed by atoms with Crippen LogP contribution >= 0.6 is 0 Å². The van der Waals surface area contributed by atoms with Crippen LogP contribution in [0.5, 0.6) is 0 Å². The van der Waals surface area contributed by atoms with Crippen LogP contribution in [0.4, 0.5) is 0 Å². The van der Waals surface area contributed by atoms with Crippen LogP contribution in [-0.2, 0) is 16.1 Å². The second-order valence-corrected chi connectivity index (χ2v) is 3.96. The Balaban J connectivity index is 2.67. The van der Waals surface area contributed by atoms with E-state index in [2.05, 4.69) is 4.74 Å². The fourth-order valence-corrected chi connectivity index (χ4v) is 1.62. The van der Waals surface area contributed by atoms with Gasteiger partial charge in [-0.15, -0.1) is 0 Å². The fraction of sp³-hybridized carbons (Fsp3) is 0.385. The van der Waals surface area contributed by atoms with E-state index in [4.69, 9.17) is 5.73 Å². The van der Waals surface area contributed by atoms with Crippen molar-refractivity contribution in [1.82, 2.24) is 4.90 Å². The monoisotopic (exact) mass is 250 g/mol. The molecular weight excluding hydrogens is 232 g/mol. The summed E-state index contributed by atoms with van der Waals surface area (Å²) in [7, 11) is 1.35. The molecule has 0 bridgehead atoms. The number of hydrogen-bond acceptors (Lipinski definition) is 4. The van der Waals surface area contributed by atoms with Gasteiger partial charge in [0, 0.05) is 6.54 Å². The lowest BCUT2D eigenvalue weighted by Gasteiger charge is -2.18. The lowest BCUT2D eigenvalue weighted by Crippen LogP contribution is -2.33. The van der Waals surface area contributed by atoms with Gasteiger partial charge in [0.1, 0.15) is 0 Å². The molecule has 0 saturated carbocycles. The summed E-state index contributed by atoms with van der Waals surface area (Å²) < 4.78 is 4.62. The van der Waals surface area contributed by atoms with Gasteiger partial charge in [-0.3, -0.25) is 9.69 Å². The number of carbonyl (C=O) groups excluding carboxylic acids is 2. The van der Waals surface area contributed by atoms with E-state index >= 15 is 0 Å². The molecule has 0 aromatic heterocycles. The molecule has 1 aromatic rings. The molecule has 0 radical (unpaired) electrons. The van der Waals surface area contributed by atoms with Crippen LogP contribution in [0, 0.1) is 0 Å². The first kappa shape index (κ1) is 14.2. The van der Waals surface area contributed by atoms with Crippen molar-refractivity contribution < 1.29 is 14.3 Å². The first-order valence-electron chi connectivity index (χ1n) is 5.74. The maximum Gasteiger partial charge on any atom is 0.337 e. The Morgan fingerprint density at radius 3 is 2.33 bits per heavy atom. The molecule has 1 rings (SSSR count). The third-order valence-corrected chi connectivity index (χ3v) is 2.61. The van der Waals surface area contributed by atoms with Gasteiger partial charge in [-0.05, 0) is 24.2 Å². The summed E-state index contributed by atoms with van der Waals surface area (Å²) in [5.74, 6) is -0.700. The van der Waals surface area contributed by atoms with E-state index in [0.717, 1.165) is 12.1 Å². The normalized spacial score (nSPS) is 10.4. The minimum atomic E-state index is -0.356. The Kier molecular flexibility index (Phi) is 5.32. The summed E-state index contributed by atoms with van der Waals surface area (Å²) in [6, 6.07) is 7.10. The fourth-order valence-electron chi connectivity index (χ4n) is 1.62. The number of esters is 1. The van der Waals surface area contributed by atoms with Crippen molar-refractivity contribution in [1.29, 1.82) is 0 Å². The van der Waals surface area contributed by atoms with Crippen molar-refractivity contribution in [2.24, 2.45) is 5.73 Å². The third-order valence-electron chi connectivity index (χ3n) is 2.61. The van der Waals surface area contributed by atoms with Crippen molar-refractivity contribution in [3.63, 3.8) is 0 Å². The lowest BCUT2D eigenvalue weighted by atomic mass is 10.1. The zero-order valence-corrected chi connectivity index (χ0v) is 10.7. The topological polar surface area (TPSA) is 72.6 Å². The van der Waals surface area contributed by atoms with Crippen LogP contribution in [-0.4, -0.2) is 37.0 Å². The number of methoxy groups -OCH3 is 1. The van der Waals surface area contributed by atoms with Gasteiger partial charge in [-0.25, -0.2) is 4.79 Å². The first-order chi connectivity index (χ1) is 8.56. The number of rotatable bonds is 6. The van der Waals surface area contributed by atoms with E-state index in [1.54, 1.807) is 12.1 Å². The Morgan fingerprint density at radius 2 is 1.89 bits per heavy atom. The van der Waals surface area contributed by atoms with Crippen molar-refractivity contribution in [2.75, 3.05) is 20.2 Å². The predicted octanol–water partition coefficient (Wildman–Crippen LogP) is 0.780. The Labute approximate surface area is 107 Å². The highest BCUT2D eigenvalue weighted by atomic mass is 16.5. The van der Waals surface area contributed by atoms with Crippen molar-refractivity contribution in [3.8, 4) is 0 Å². The standard InChI is InChI=1S/C13H18N2O3/c1-3-15(9-12(14)16)8-10-4-6-11(7-5-10)13(17)18-2/h4-7H,3,8-9H2,1-2H3,(H2,14,16). The molecule has 5 heteroatoms. The van der Waals surface area contributed by atoms with E-state index in [1.807, 2.05) is 24.0 Å². The number of benzene rings is 1. The molecule has 0 aliphatic rings. The van der Waals surface area contributed by atoms with E-state index < -0.39 is 0 Å². The first-order valence-corrected chi connectivity index (χ1v) is 5.74. The number of hydrogen-bond donors (Lipinski definition) is 1. The van der Waals surface area contributed by atoms with Gasteiger partial charge >= 0.3 is 5.97 Å². The molecule has 1 amide bonds. The van der Waals surface area contributed by atoms with Crippen LogP contribution in [0.3, 0.4) is 0 Å². The molecule has 0 saturated heterocycles. The van der Waals surface area contributed by atoms with Gasteiger partial charge in [0.05, 0.1) is 19.2 Å². The van der Waals surface area contributed by atoms with Crippen LogP contribution in [0.25, 0.3) is 0 Å². The highest BCUT2D eigenvalue weighted by molar-refractivity contribution is 5.89. The Hall–Kier alpha value is -1.88. The van der Waals surface area contributed by atoms with Gasteiger partial charge in [-0.1, -0.05) is 19.1 Å². The van der Waals surface area contributed by atoms with Crippen LogP contribution in [0.1, 0.15) is 22.8 Å². The Morgan fingerprint density at radius 1 is 1.28 bits per heavy atom. The molecule has 0 atom stereocenters. The summed E-state index contributed by atoms with van der Waals surface area (Å²) in [6.07, 6.45) is 0. The van der Waals surface area contributed by atoms with Crippen molar-refractivity contribution >= 4 is 11.9 Å². The summed E-state index contributed by atoms with van der Waals surface area (Å²) in [5, 5.41) is 0.